The number of rotatable bonds is 5. The van der Waals surface area contributed by atoms with Crippen LogP contribution in [0.2, 0.25) is 0 Å². The van der Waals surface area contributed by atoms with E-state index in [1.807, 2.05) is 55.6 Å². The van der Waals surface area contributed by atoms with Crippen molar-refractivity contribution in [2.24, 2.45) is 0 Å². The van der Waals surface area contributed by atoms with E-state index < -0.39 is 6.04 Å². The van der Waals surface area contributed by atoms with Gasteiger partial charge in [0.05, 0.1) is 5.69 Å². The van der Waals surface area contributed by atoms with E-state index in [2.05, 4.69) is 15.6 Å². The molecule has 0 radical (unpaired) electrons. The molecule has 0 saturated carbocycles. The number of benzene rings is 2. The summed E-state index contributed by atoms with van der Waals surface area (Å²) in [7, 11) is 0. The lowest BCUT2D eigenvalue weighted by Crippen LogP contribution is -2.41. The summed E-state index contributed by atoms with van der Waals surface area (Å²) in [5.74, 6) is -0.582. The van der Waals surface area contributed by atoms with Gasteiger partial charge < -0.3 is 10.6 Å². The van der Waals surface area contributed by atoms with Crippen LogP contribution in [0.15, 0.2) is 53.9 Å². The molecule has 1 heterocycles. The zero-order valence-corrected chi connectivity index (χ0v) is 16.3. The van der Waals surface area contributed by atoms with Crippen LogP contribution in [0.3, 0.4) is 0 Å². The molecule has 0 aliphatic carbocycles. The summed E-state index contributed by atoms with van der Waals surface area (Å²) < 4.78 is 0. The fraction of sp³-hybridized carbons (Fsp3) is 0.190. The van der Waals surface area contributed by atoms with Crippen molar-refractivity contribution in [3.8, 4) is 11.3 Å². The maximum atomic E-state index is 12.4. The lowest BCUT2D eigenvalue weighted by atomic mass is 10.1. The van der Waals surface area contributed by atoms with E-state index in [0.717, 1.165) is 16.8 Å². The summed E-state index contributed by atoms with van der Waals surface area (Å²) in [5.41, 5.74) is 4.52. The largest absolute Gasteiger partial charge is 0.341 e. The fourth-order valence-electron chi connectivity index (χ4n) is 2.53. The minimum absolute atomic E-state index is 0.277. The Labute approximate surface area is 162 Å². The highest BCUT2D eigenvalue weighted by molar-refractivity contribution is 7.14. The van der Waals surface area contributed by atoms with Crippen molar-refractivity contribution in [1.29, 1.82) is 0 Å². The monoisotopic (exact) mass is 379 g/mol. The second kappa shape index (κ2) is 8.14. The first kappa shape index (κ1) is 18.8. The minimum Gasteiger partial charge on any atom is -0.341 e. The molecule has 0 spiro atoms. The molecule has 1 aromatic heterocycles. The van der Waals surface area contributed by atoms with Crippen LogP contribution in [0.25, 0.3) is 11.3 Å². The third-order valence-corrected chi connectivity index (χ3v) is 4.86. The SMILES string of the molecule is Cc1ccc(-c2csc(NC(=O)C(C)NC(=O)c3cccc(C)c3)n2)cc1. The van der Waals surface area contributed by atoms with Crippen LogP contribution in [0, 0.1) is 13.8 Å². The molecule has 0 aliphatic rings. The Hall–Kier alpha value is -2.99. The summed E-state index contributed by atoms with van der Waals surface area (Å²) in [6.07, 6.45) is 0. The van der Waals surface area contributed by atoms with Gasteiger partial charge in [0.25, 0.3) is 5.91 Å². The third-order valence-electron chi connectivity index (χ3n) is 4.10. The molecular formula is C21H21N3O2S. The molecule has 3 rings (SSSR count). The second-order valence-electron chi connectivity index (χ2n) is 6.46. The van der Waals surface area contributed by atoms with Gasteiger partial charge in [0.15, 0.2) is 5.13 Å². The van der Waals surface area contributed by atoms with Gasteiger partial charge in [-0.3, -0.25) is 9.59 Å². The molecule has 0 bridgehead atoms. The highest BCUT2D eigenvalue weighted by Gasteiger charge is 2.18. The predicted molar refractivity (Wildman–Crippen MR) is 109 cm³/mol. The zero-order chi connectivity index (χ0) is 19.4. The van der Waals surface area contributed by atoms with Crippen molar-refractivity contribution >= 4 is 28.3 Å². The van der Waals surface area contributed by atoms with Gasteiger partial charge >= 0.3 is 0 Å². The van der Waals surface area contributed by atoms with Crippen molar-refractivity contribution in [2.75, 3.05) is 5.32 Å². The van der Waals surface area contributed by atoms with Gasteiger partial charge in [0, 0.05) is 16.5 Å². The van der Waals surface area contributed by atoms with Crippen LogP contribution >= 0.6 is 11.3 Å². The first-order valence-corrected chi connectivity index (χ1v) is 9.51. The van der Waals surface area contributed by atoms with Gasteiger partial charge in [-0.05, 0) is 32.9 Å². The average Bonchev–Trinajstić information content (AvgIpc) is 3.10. The fourth-order valence-corrected chi connectivity index (χ4v) is 3.26. The third kappa shape index (κ3) is 4.80. The maximum absolute atomic E-state index is 12.4. The first-order chi connectivity index (χ1) is 12.9. The number of aryl methyl sites for hydroxylation is 2. The first-order valence-electron chi connectivity index (χ1n) is 8.63. The van der Waals surface area contributed by atoms with E-state index in [0.29, 0.717) is 10.7 Å². The smallest absolute Gasteiger partial charge is 0.251 e. The van der Waals surface area contributed by atoms with Gasteiger partial charge in [0.2, 0.25) is 5.91 Å². The van der Waals surface area contributed by atoms with Crippen molar-refractivity contribution in [2.45, 2.75) is 26.8 Å². The Morgan fingerprint density at radius 1 is 1.04 bits per heavy atom. The summed E-state index contributed by atoms with van der Waals surface area (Å²) in [6, 6.07) is 14.6. The topological polar surface area (TPSA) is 71.1 Å². The van der Waals surface area contributed by atoms with Crippen LogP contribution in [0.1, 0.15) is 28.4 Å². The molecule has 2 N–H and O–H groups in total. The van der Waals surface area contributed by atoms with E-state index in [1.54, 1.807) is 19.1 Å². The Balaban J connectivity index is 1.61. The van der Waals surface area contributed by atoms with Gasteiger partial charge in [-0.25, -0.2) is 4.98 Å². The van der Waals surface area contributed by atoms with E-state index in [-0.39, 0.29) is 11.8 Å². The molecule has 2 aromatic carbocycles. The van der Waals surface area contributed by atoms with Crippen molar-refractivity contribution in [3.05, 3.63) is 70.6 Å². The number of anilines is 1. The van der Waals surface area contributed by atoms with Gasteiger partial charge in [-0.1, -0.05) is 47.5 Å². The summed E-state index contributed by atoms with van der Waals surface area (Å²) in [4.78, 5) is 29.1. The molecular weight excluding hydrogens is 358 g/mol. The standard InChI is InChI=1S/C21H21N3O2S/c1-13-7-9-16(10-8-13)18-12-27-21(23-18)24-19(25)15(3)22-20(26)17-6-4-5-14(2)11-17/h4-12,15H,1-3H3,(H,22,26)(H,23,24,25). The molecule has 6 heteroatoms. The number of hydrogen-bond acceptors (Lipinski definition) is 4. The van der Waals surface area contributed by atoms with E-state index in [1.165, 1.54) is 16.9 Å². The molecule has 5 nitrogen and oxygen atoms in total. The maximum Gasteiger partial charge on any atom is 0.251 e. The quantitative estimate of drug-likeness (QED) is 0.698. The second-order valence-corrected chi connectivity index (χ2v) is 7.32. The van der Waals surface area contributed by atoms with Crippen molar-refractivity contribution < 1.29 is 9.59 Å². The average molecular weight is 379 g/mol. The molecule has 0 fully saturated rings. The van der Waals surface area contributed by atoms with Crippen LogP contribution < -0.4 is 10.6 Å². The number of aromatic nitrogens is 1. The number of carbonyl (C=O) groups is 2. The number of nitrogens with zero attached hydrogens (tertiary/aromatic N) is 1. The van der Waals surface area contributed by atoms with Gasteiger partial charge in [-0.15, -0.1) is 11.3 Å². The van der Waals surface area contributed by atoms with Crippen LogP contribution in [0.4, 0.5) is 5.13 Å². The van der Waals surface area contributed by atoms with E-state index >= 15 is 0 Å². The predicted octanol–water partition coefficient (Wildman–Crippen LogP) is 4.18. The lowest BCUT2D eigenvalue weighted by Gasteiger charge is -2.13. The normalized spacial score (nSPS) is 11.7. The number of hydrogen-bond donors (Lipinski definition) is 2. The molecule has 27 heavy (non-hydrogen) atoms. The molecule has 0 aliphatic heterocycles. The van der Waals surface area contributed by atoms with E-state index in [9.17, 15) is 9.59 Å². The highest BCUT2D eigenvalue weighted by atomic mass is 32.1. The summed E-state index contributed by atoms with van der Waals surface area (Å²) >= 11 is 1.36. The molecule has 1 unspecified atom stereocenters. The molecule has 1 atom stereocenters. The molecule has 0 saturated heterocycles. The number of thiazole rings is 1. The van der Waals surface area contributed by atoms with Crippen LogP contribution in [0.5, 0.6) is 0 Å². The lowest BCUT2D eigenvalue weighted by molar-refractivity contribution is -0.117. The Morgan fingerprint density at radius 3 is 2.48 bits per heavy atom. The zero-order valence-electron chi connectivity index (χ0n) is 15.4. The molecule has 138 valence electrons. The van der Waals surface area contributed by atoms with Crippen molar-refractivity contribution in [1.82, 2.24) is 10.3 Å². The number of nitrogens with one attached hydrogen (secondary N) is 2. The highest BCUT2D eigenvalue weighted by Crippen LogP contribution is 2.25. The Morgan fingerprint density at radius 2 is 1.78 bits per heavy atom. The Kier molecular flexibility index (Phi) is 5.66. The summed E-state index contributed by atoms with van der Waals surface area (Å²) in [5, 5.41) is 7.88. The Bertz CT molecular complexity index is 964. The van der Waals surface area contributed by atoms with E-state index in [4.69, 9.17) is 0 Å². The number of carbonyl (C=O) groups excluding carboxylic acids is 2. The summed E-state index contributed by atoms with van der Waals surface area (Å²) in [6.45, 7) is 5.60. The molecule has 3 aromatic rings. The van der Waals surface area contributed by atoms with Crippen molar-refractivity contribution in [3.63, 3.8) is 0 Å². The van der Waals surface area contributed by atoms with Crippen LogP contribution in [-0.2, 0) is 4.79 Å². The minimum atomic E-state index is -0.676. The van der Waals surface area contributed by atoms with Gasteiger partial charge in [0.1, 0.15) is 6.04 Å². The van der Waals surface area contributed by atoms with Gasteiger partial charge in [-0.2, -0.15) is 0 Å². The number of amides is 2. The van der Waals surface area contributed by atoms with Crippen LogP contribution in [-0.4, -0.2) is 22.8 Å². The molecule has 2 amide bonds.